The van der Waals surface area contributed by atoms with Crippen molar-refractivity contribution in [1.29, 1.82) is 0 Å². The van der Waals surface area contributed by atoms with Crippen molar-refractivity contribution in [1.82, 2.24) is 4.90 Å². The van der Waals surface area contributed by atoms with Gasteiger partial charge in [0.1, 0.15) is 0 Å². The van der Waals surface area contributed by atoms with Gasteiger partial charge in [-0.2, -0.15) is 0 Å². The Morgan fingerprint density at radius 1 is 1.00 bits per heavy atom. The smallest absolute Gasteiger partial charge is 0.168 e. The summed E-state index contributed by atoms with van der Waals surface area (Å²) in [7, 11) is 3.60. The summed E-state index contributed by atoms with van der Waals surface area (Å²) < 4.78 is 0. The Morgan fingerprint density at radius 3 is 2.34 bits per heavy atom. The number of aryl methyl sites for hydroxylation is 1. The lowest BCUT2D eigenvalue weighted by atomic mass is 9.79. The molecule has 0 N–H and O–H groups in total. The van der Waals surface area contributed by atoms with Crippen molar-refractivity contribution in [2.45, 2.75) is 38.0 Å². The molecule has 1 saturated carbocycles. The third kappa shape index (κ3) is 5.50. The minimum Gasteiger partial charge on any atom is -0.383 e. The lowest BCUT2D eigenvalue weighted by Crippen LogP contribution is -2.26. The second-order valence-electron chi connectivity index (χ2n) is 7.85. The number of allylic oxidation sites excluding steroid dienone is 1. The highest BCUT2D eigenvalue weighted by atomic mass is 16.2. The summed E-state index contributed by atoms with van der Waals surface area (Å²) in [6.07, 6.45) is 4.36. The largest absolute Gasteiger partial charge is 0.383 e. The third-order valence-electron chi connectivity index (χ3n) is 5.24. The van der Waals surface area contributed by atoms with Crippen LogP contribution in [0.4, 0.5) is 0 Å². The average molecular weight is 389 g/mol. The van der Waals surface area contributed by atoms with E-state index in [1.165, 1.54) is 5.56 Å². The summed E-state index contributed by atoms with van der Waals surface area (Å²) in [6, 6.07) is 17.6. The quantitative estimate of drug-likeness (QED) is 0.401. The molecule has 0 atom stereocenters. The number of hydrogen-bond acceptors (Lipinski definition) is 4. The van der Waals surface area contributed by atoms with Gasteiger partial charge >= 0.3 is 0 Å². The molecule has 1 aliphatic carbocycles. The summed E-state index contributed by atoms with van der Waals surface area (Å²) in [6.45, 7) is 0. The molecule has 1 fully saturated rings. The summed E-state index contributed by atoms with van der Waals surface area (Å²) in [5, 5.41) is 0. The fourth-order valence-electron chi connectivity index (χ4n) is 3.74. The van der Waals surface area contributed by atoms with Crippen molar-refractivity contribution in [3.05, 3.63) is 83.1 Å². The maximum Gasteiger partial charge on any atom is 0.168 e. The zero-order chi connectivity index (χ0) is 20.8. The minimum atomic E-state index is -0.161. The maximum atomic E-state index is 12.6. The van der Waals surface area contributed by atoms with E-state index in [4.69, 9.17) is 0 Å². The predicted molar refractivity (Wildman–Crippen MR) is 114 cm³/mol. The van der Waals surface area contributed by atoms with E-state index in [0.717, 1.165) is 18.4 Å². The number of nitrogens with zero attached hydrogens (tertiary/aromatic N) is 1. The van der Waals surface area contributed by atoms with Gasteiger partial charge in [-0.25, -0.2) is 0 Å². The molecule has 150 valence electrons. The van der Waals surface area contributed by atoms with E-state index in [-0.39, 0.29) is 28.8 Å². The van der Waals surface area contributed by atoms with Gasteiger partial charge in [-0.05, 0) is 36.0 Å². The van der Waals surface area contributed by atoms with E-state index in [0.29, 0.717) is 24.8 Å². The van der Waals surface area contributed by atoms with E-state index >= 15 is 0 Å². The molecule has 1 aliphatic rings. The standard InChI is InChI=1S/C25H27NO3/c1-26(2)17-22-24(28)15-21(16-25(22)29)19-11-7-12-20(14-19)23(27)13-6-10-18-8-4-3-5-9-18/h3-5,7-9,11-12,14,17,21H,6,10,13,15-16H2,1-2H3. The Hall–Kier alpha value is -3.01. The summed E-state index contributed by atoms with van der Waals surface area (Å²) in [5.74, 6) is -0.310. The number of rotatable bonds is 7. The van der Waals surface area contributed by atoms with Crippen LogP contribution in [0.1, 0.15) is 53.1 Å². The minimum absolute atomic E-state index is 0.101. The molecule has 29 heavy (non-hydrogen) atoms. The van der Waals surface area contributed by atoms with Gasteiger partial charge in [0.15, 0.2) is 17.3 Å². The van der Waals surface area contributed by atoms with Crippen LogP contribution in [0.5, 0.6) is 0 Å². The lowest BCUT2D eigenvalue weighted by Gasteiger charge is -2.23. The van der Waals surface area contributed by atoms with Gasteiger partial charge < -0.3 is 4.90 Å². The molecule has 0 aromatic heterocycles. The van der Waals surface area contributed by atoms with Crippen LogP contribution in [-0.4, -0.2) is 36.3 Å². The van der Waals surface area contributed by atoms with Crippen molar-refractivity contribution in [2.24, 2.45) is 0 Å². The molecule has 2 aromatic rings. The molecular weight excluding hydrogens is 362 g/mol. The molecule has 0 aliphatic heterocycles. The van der Waals surface area contributed by atoms with Crippen molar-refractivity contribution in [3.8, 4) is 0 Å². The summed E-state index contributed by atoms with van der Waals surface area (Å²) >= 11 is 0. The summed E-state index contributed by atoms with van der Waals surface area (Å²) in [4.78, 5) is 39.2. The van der Waals surface area contributed by atoms with E-state index < -0.39 is 0 Å². The summed E-state index contributed by atoms with van der Waals surface area (Å²) in [5.41, 5.74) is 3.06. The van der Waals surface area contributed by atoms with Gasteiger partial charge in [-0.3, -0.25) is 14.4 Å². The monoisotopic (exact) mass is 389 g/mol. The molecule has 0 heterocycles. The second-order valence-corrected chi connectivity index (χ2v) is 7.85. The Labute approximate surface area is 172 Å². The predicted octanol–water partition coefficient (Wildman–Crippen LogP) is 4.35. The first-order valence-electron chi connectivity index (χ1n) is 10.1. The van der Waals surface area contributed by atoms with Gasteiger partial charge in [0.05, 0.1) is 5.57 Å². The zero-order valence-electron chi connectivity index (χ0n) is 17.1. The molecular formula is C25H27NO3. The third-order valence-corrected chi connectivity index (χ3v) is 5.24. The normalized spacial score (nSPS) is 16.6. The number of hydrogen-bond donors (Lipinski definition) is 0. The van der Waals surface area contributed by atoms with Crippen LogP contribution < -0.4 is 0 Å². The number of Topliss-reactive ketones (excluding diaryl/α,β-unsaturated/α-hetero) is 3. The molecule has 0 bridgehead atoms. The van der Waals surface area contributed by atoms with Gasteiger partial charge in [0.2, 0.25) is 0 Å². The Kier molecular flexibility index (Phi) is 6.76. The first-order chi connectivity index (χ1) is 13.9. The van der Waals surface area contributed by atoms with Crippen LogP contribution in [0.2, 0.25) is 0 Å². The van der Waals surface area contributed by atoms with Crippen LogP contribution in [0.25, 0.3) is 0 Å². The van der Waals surface area contributed by atoms with E-state index in [1.807, 2.05) is 42.5 Å². The van der Waals surface area contributed by atoms with Crippen molar-refractivity contribution in [2.75, 3.05) is 14.1 Å². The molecule has 4 heteroatoms. The van der Waals surface area contributed by atoms with Crippen molar-refractivity contribution >= 4 is 17.3 Å². The number of carbonyl (C=O) groups is 3. The highest BCUT2D eigenvalue weighted by Crippen LogP contribution is 2.32. The topological polar surface area (TPSA) is 54.5 Å². The molecule has 0 amide bonds. The first kappa shape index (κ1) is 20.7. The molecule has 0 spiro atoms. The number of ketones is 3. The SMILES string of the molecule is CN(C)C=C1C(=O)CC(c2cccc(C(=O)CCCc3ccccc3)c2)CC1=O. The molecule has 0 radical (unpaired) electrons. The van der Waals surface area contributed by atoms with Crippen molar-refractivity contribution in [3.63, 3.8) is 0 Å². The lowest BCUT2D eigenvalue weighted by molar-refractivity contribution is -0.124. The number of carbonyl (C=O) groups excluding carboxylic acids is 3. The Morgan fingerprint density at radius 2 is 1.69 bits per heavy atom. The molecule has 0 saturated heterocycles. The van der Waals surface area contributed by atoms with Crippen LogP contribution >= 0.6 is 0 Å². The Balaban J connectivity index is 1.64. The highest BCUT2D eigenvalue weighted by molar-refractivity contribution is 6.22. The maximum absolute atomic E-state index is 12.6. The zero-order valence-corrected chi connectivity index (χ0v) is 17.1. The van der Waals surface area contributed by atoms with E-state index in [2.05, 4.69) is 12.1 Å². The van der Waals surface area contributed by atoms with E-state index in [9.17, 15) is 14.4 Å². The molecule has 4 nitrogen and oxygen atoms in total. The molecule has 3 rings (SSSR count). The van der Waals surface area contributed by atoms with Crippen LogP contribution in [0, 0.1) is 0 Å². The van der Waals surface area contributed by atoms with Crippen LogP contribution in [0.3, 0.4) is 0 Å². The fraction of sp³-hybridized carbons (Fsp3) is 0.320. The van der Waals surface area contributed by atoms with E-state index in [1.54, 1.807) is 25.2 Å². The Bertz CT molecular complexity index is 908. The fourth-order valence-corrected chi connectivity index (χ4v) is 3.74. The van der Waals surface area contributed by atoms with Crippen LogP contribution in [0.15, 0.2) is 66.4 Å². The average Bonchev–Trinajstić information content (AvgIpc) is 2.71. The van der Waals surface area contributed by atoms with Gasteiger partial charge in [0, 0.05) is 45.1 Å². The van der Waals surface area contributed by atoms with Gasteiger partial charge in [-0.15, -0.1) is 0 Å². The highest BCUT2D eigenvalue weighted by Gasteiger charge is 2.31. The van der Waals surface area contributed by atoms with Gasteiger partial charge in [-0.1, -0.05) is 48.5 Å². The van der Waals surface area contributed by atoms with Gasteiger partial charge in [0.25, 0.3) is 0 Å². The number of benzene rings is 2. The van der Waals surface area contributed by atoms with Crippen LogP contribution in [-0.2, 0) is 16.0 Å². The second kappa shape index (κ2) is 9.46. The van der Waals surface area contributed by atoms with Crippen molar-refractivity contribution < 1.29 is 14.4 Å². The molecule has 2 aromatic carbocycles. The first-order valence-corrected chi connectivity index (χ1v) is 10.1. The molecule has 0 unspecified atom stereocenters.